The van der Waals surface area contributed by atoms with Crippen LogP contribution in [0.25, 0.3) is 0 Å². The second kappa shape index (κ2) is 10.5. The Bertz CT molecular complexity index is 715. The van der Waals surface area contributed by atoms with Gasteiger partial charge in [0.1, 0.15) is 5.75 Å². The summed E-state index contributed by atoms with van der Waals surface area (Å²) < 4.78 is 30.7. The Balaban J connectivity index is 1.87. The molecule has 0 saturated heterocycles. The number of aromatic nitrogens is 2. The van der Waals surface area contributed by atoms with Gasteiger partial charge < -0.3 is 15.0 Å². The molecule has 148 valence electrons. The molecular formula is C19H27F2N5O. The van der Waals surface area contributed by atoms with Crippen LogP contribution in [0.1, 0.15) is 24.5 Å². The van der Waals surface area contributed by atoms with E-state index in [9.17, 15) is 8.78 Å². The summed E-state index contributed by atoms with van der Waals surface area (Å²) in [5, 5.41) is 7.54. The molecule has 0 saturated carbocycles. The van der Waals surface area contributed by atoms with Gasteiger partial charge >= 0.3 is 6.61 Å². The number of halogens is 2. The molecule has 2 aromatic rings. The van der Waals surface area contributed by atoms with Crippen LogP contribution in [0, 0.1) is 6.92 Å². The molecule has 0 fully saturated rings. The van der Waals surface area contributed by atoms with Crippen molar-refractivity contribution in [3.8, 4) is 5.75 Å². The van der Waals surface area contributed by atoms with Gasteiger partial charge in [-0.15, -0.1) is 0 Å². The van der Waals surface area contributed by atoms with E-state index in [4.69, 9.17) is 0 Å². The fourth-order valence-corrected chi connectivity index (χ4v) is 2.60. The Labute approximate surface area is 158 Å². The van der Waals surface area contributed by atoms with Crippen molar-refractivity contribution in [3.63, 3.8) is 0 Å². The lowest BCUT2D eigenvalue weighted by molar-refractivity contribution is -0.0498. The van der Waals surface area contributed by atoms with Crippen molar-refractivity contribution in [2.75, 3.05) is 20.1 Å². The maximum absolute atomic E-state index is 12.2. The first-order valence-electron chi connectivity index (χ1n) is 9.00. The van der Waals surface area contributed by atoms with E-state index in [2.05, 4.69) is 20.1 Å². The number of ether oxygens (including phenoxy) is 1. The number of hydrogen-bond donors (Lipinski definition) is 1. The maximum atomic E-state index is 12.2. The van der Waals surface area contributed by atoms with Crippen LogP contribution in [-0.4, -0.2) is 47.4 Å². The Hall–Kier alpha value is -2.64. The van der Waals surface area contributed by atoms with Crippen molar-refractivity contribution in [3.05, 3.63) is 47.8 Å². The molecule has 0 bridgehead atoms. The third-order valence-corrected chi connectivity index (χ3v) is 3.83. The summed E-state index contributed by atoms with van der Waals surface area (Å²) in [6.07, 6.45) is 4.75. The summed E-state index contributed by atoms with van der Waals surface area (Å²) in [6.45, 7) is 4.12. The normalized spacial score (nSPS) is 11.7. The van der Waals surface area contributed by atoms with Crippen molar-refractivity contribution in [2.45, 2.75) is 40.0 Å². The van der Waals surface area contributed by atoms with Gasteiger partial charge in [-0.05, 0) is 43.5 Å². The van der Waals surface area contributed by atoms with Gasteiger partial charge in [0.05, 0.1) is 6.20 Å². The zero-order valence-corrected chi connectivity index (χ0v) is 16.0. The van der Waals surface area contributed by atoms with Gasteiger partial charge in [0, 0.05) is 39.4 Å². The summed E-state index contributed by atoms with van der Waals surface area (Å²) in [7, 11) is 1.95. The molecule has 2 rings (SSSR count). The van der Waals surface area contributed by atoms with Crippen LogP contribution in [0.15, 0.2) is 41.7 Å². The van der Waals surface area contributed by atoms with Crippen LogP contribution in [0.3, 0.4) is 0 Å². The van der Waals surface area contributed by atoms with E-state index in [0.717, 1.165) is 36.6 Å². The fraction of sp³-hybridized carbons (Fsp3) is 0.474. The second-order valence-corrected chi connectivity index (χ2v) is 6.25. The summed E-state index contributed by atoms with van der Waals surface area (Å²) in [5.41, 5.74) is 2.13. The van der Waals surface area contributed by atoms with E-state index in [1.54, 1.807) is 24.3 Å². The highest BCUT2D eigenvalue weighted by atomic mass is 19.3. The van der Waals surface area contributed by atoms with Crippen LogP contribution in [0.2, 0.25) is 0 Å². The maximum Gasteiger partial charge on any atom is 0.387 e. The molecule has 0 radical (unpaired) electrons. The average Bonchev–Trinajstić information content (AvgIpc) is 3.04. The first kappa shape index (κ1) is 20.7. The first-order chi connectivity index (χ1) is 13.0. The van der Waals surface area contributed by atoms with E-state index in [-0.39, 0.29) is 5.75 Å². The van der Waals surface area contributed by atoms with E-state index < -0.39 is 6.61 Å². The SMILES string of the molecule is CCNC(=NCCCn1cc(C)cn1)N(C)Cc1ccc(OC(F)F)cc1. The zero-order valence-electron chi connectivity index (χ0n) is 16.0. The van der Waals surface area contributed by atoms with Crippen LogP contribution in [0.4, 0.5) is 8.78 Å². The Morgan fingerprint density at radius 3 is 2.67 bits per heavy atom. The zero-order chi connectivity index (χ0) is 19.6. The minimum Gasteiger partial charge on any atom is -0.435 e. The number of rotatable bonds is 9. The molecule has 0 aliphatic rings. The Morgan fingerprint density at radius 2 is 2.07 bits per heavy atom. The highest BCUT2D eigenvalue weighted by Gasteiger charge is 2.08. The third-order valence-electron chi connectivity index (χ3n) is 3.83. The number of nitrogens with one attached hydrogen (secondary N) is 1. The summed E-state index contributed by atoms with van der Waals surface area (Å²) in [6, 6.07) is 6.65. The first-order valence-corrected chi connectivity index (χ1v) is 9.00. The number of hydrogen-bond acceptors (Lipinski definition) is 3. The van der Waals surface area contributed by atoms with Gasteiger partial charge in [0.25, 0.3) is 0 Å². The van der Waals surface area contributed by atoms with Gasteiger partial charge in [-0.1, -0.05) is 12.1 Å². The number of benzene rings is 1. The molecule has 0 amide bonds. The van der Waals surface area contributed by atoms with Gasteiger partial charge in [-0.2, -0.15) is 13.9 Å². The summed E-state index contributed by atoms with van der Waals surface area (Å²) in [4.78, 5) is 6.66. The van der Waals surface area contributed by atoms with Crippen LogP contribution in [-0.2, 0) is 13.1 Å². The molecular weight excluding hydrogens is 352 g/mol. The second-order valence-electron chi connectivity index (χ2n) is 6.25. The largest absolute Gasteiger partial charge is 0.435 e. The number of aryl methyl sites for hydroxylation is 2. The smallest absolute Gasteiger partial charge is 0.387 e. The van der Waals surface area contributed by atoms with Crippen molar-refractivity contribution in [1.82, 2.24) is 20.0 Å². The summed E-state index contributed by atoms with van der Waals surface area (Å²) in [5.74, 6) is 0.966. The molecule has 0 aliphatic carbocycles. The molecule has 0 atom stereocenters. The lowest BCUT2D eigenvalue weighted by Gasteiger charge is -2.22. The van der Waals surface area contributed by atoms with Crippen molar-refractivity contribution in [1.29, 1.82) is 0 Å². The molecule has 1 aromatic carbocycles. The van der Waals surface area contributed by atoms with E-state index in [0.29, 0.717) is 13.1 Å². The monoisotopic (exact) mass is 379 g/mol. The number of guanidine groups is 1. The third kappa shape index (κ3) is 7.24. The van der Waals surface area contributed by atoms with Crippen molar-refractivity contribution >= 4 is 5.96 Å². The van der Waals surface area contributed by atoms with Crippen LogP contribution in [0.5, 0.6) is 5.75 Å². The minimum absolute atomic E-state index is 0.158. The predicted octanol–water partition coefficient (Wildman–Crippen LogP) is 3.28. The fourth-order valence-electron chi connectivity index (χ4n) is 2.60. The molecule has 0 aliphatic heterocycles. The molecule has 1 heterocycles. The van der Waals surface area contributed by atoms with Gasteiger partial charge in [0.15, 0.2) is 5.96 Å². The van der Waals surface area contributed by atoms with Crippen LogP contribution < -0.4 is 10.1 Å². The van der Waals surface area contributed by atoms with Crippen LogP contribution >= 0.6 is 0 Å². The van der Waals surface area contributed by atoms with Crippen molar-refractivity contribution < 1.29 is 13.5 Å². The highest BCUT2D eigenvalue weighted by Crippen LogP contribution is 2.15. The molecule has 0 spiro atoms. The van der Waals surface area contributed by atoms with Gasteiger partial charge in [-0.25, -0.2) is 0 Å². The Kier molecular flexibility index (Phi) is 8.03. The minimum atomic E-state index is -2.81. The van der Waals surface area contributed by atoms with Crippen molar-refractivity contribution in [2.24, 2.45) is 4.99 Å². The summed E-state index contributed by atoms with van der Waals surface area (Å²) >= 11 is 0. The molecule has 0 unspecified atom stereocenters. The molecule has 27 heavy (non-hydrogen) atoms. The van der Waals surface area contributed by atoms with E-state index in [1.165, 1.54) is 0 Å². The molecule has 6 nitrogen and oxygen atoms in total. The Morgan fingerprint density at radius 1 is 1.33 bits per heavy atom. The number of nitrogens with zero attached hydrogens (tertiary/aromatic N) is 4. The molecule has 1 aromatic heterocycles. The van der Waals surface area contributed by atoms with E-state index in [1.807, 2.05) is 42.9 Å². The molecule has 1 N–H and O–H groups in total. The number of aliphatic imine (C=N–C) groups is 1. The topological polar surface area (TPSA) is 54.7 Å². The predicted molar refractivity (Wildman–Crippen MR) is 102 cm³/mol. The number of alkyl halides is 2. The van der Waals surface area contributed by atoms with E-state index >= 15 is 0 Å². The lowest BCUT2D eigenvalue weighted by Crippen LogP contribution is -2.38. The average molecular weight is 379 g/mol. The standard InChI is InChI=1S/C19H27F2N5O/c1-4-22-19(23-10-5-11-26-13-15(2)12-24-26)25(3)14-16-6-8-17(9-7-16)27-18(20)21/h6-9,12-13,18H,4-5,10-11,14H2,1-3H3,(H,22,23). The highest BCUT2D eigenvalue weighted by molar-refractivity contribution is 5.79. The lowest BCUT2D eigenvalue weighted by atomic mass is 10.2. The quantitative estimate of drug-likeness (QED) is 0.413. The van der Waals surface area contributed by atoms with Gasteiger partial charge in [0.2, 0.25) is 0 Å². The molecule has 8 heteroatoms. The van der Waals surface area contributed by atoms with Gasteiger partial charge in [-0.3, -0.25) is 9.67 Å².